The van der Waals surface area contributed by atoms with Crippen LogP contribution in [0.15, 0.2) is 28.2 Å². The van der Waals surface area contributed by atoms with Crippen LogP contribution in [-0.2, 0) is 13.0 Å². The van der Waals surface area contributed by atoms with Crippen LogP contribution in [0.5, 0.6) is 0 Å². The molecule has 0 atom stereocenters. The van der Waals surface area contributed by atoms with Gasteiger partial charge in [-0.2, -0.15) is 0 Å². The standard InChI is InChI=1S/C12H9BrFN3S2/c13-7-5-9-10(6-8(7)14)17(12(18)16-9)3-1-11-15-2-4-19-11/h2,4-6H,1,3H2,(H,16,18). The van der Waals surface area contributed by atoms with Gasteiger partial charge in [0.25, 0.3) is 0 Å². The molecule has 2 heterocycles. The third-order valence-corrected chi connectivity index (χ3v) is 4.62. The Hall–Kier alpha value is -1.05. The maximum atomic E-state index is 13.6. The van der Waals surface area contributed by atoms with E-state index in [0.29, 0.717) is 15.8 Å². The van der Waals surface area contributed by atoms with E-state index in [0.717, 1.165) is 22.5 Å². The molecule has 0 unspecified atom stereocenters. The third kappa shape index (κ3) is 2.50. The molecule has 2 aromatic heterocycles. The van der Waals surface area contributed by atoms with Crippen LogP contribution in [0.25, 0.3) is 11.0 Å². The zero-order valence-electron chi connectivity index (χ0n) is 9.69. The average molecular weight is 358 g/mol. The van der Waals surface area contributed by atoms with Gasteiger partial charge in [0.05, 0.1) is 20.5 Å². The lowest BCUT2D eigenvalue weighted by Gasteiger charge is -2.03. The lowest BCUT2D eigenvalue weighted by Crippen LogP contribution is -2.01. The number of fused-ring (bicyclic) bond motifs is 1. The zero-order chi connectivity index (χ0) is 13.4. The van der Waals surface area contributed by atoms with Crippen molar-refractivity contribution in [1.82, 2.24) is 14.5 Å². The number of thiazole rings is 1. The molecule has 3 aromatic rings. The molecule has 0 saturated heterocycles. The molecular weight excluding hydrogens is 349 g/mol. The molecule has 19 heavy (non-hydrogen) atoms. The fourth-order valence-electron chi connectivity index (χ4n) is 1.96. The van der Waals surface area contributed by atoms with Crippen LogP contribution in [0, 0.1) is 10.6 Å². The van der Waals surface area contributed by atoms with Crippen molar-refractivity contribution in [3.63, 3.8) is 0 Å². The summed E-state index contributed by atoms with van der Waals surface area (Å²) in [5.74, 6) is -0.288. The minimum Gasteiger partial charge on any atom is -0.331 e. The number of imidazole rings is 1. The SMILES string of the molecule is Fc1cc2c(cc1Br)[nH]c(=S)n2CCc1nccs1. The fourth-order valence-corrected chi connectivity index (χ4v) is 3.21. The number of aryl methyl sites for hydroxylation is 2. The minimum absolute atomic E-state index is 0.288. The molecule has 3 rings (SSSR count). The average Bonchev–Trinajstić information content (AvgIpc) is 2.96. The van der Waals surface area contributed by atoms with Gasteiger partial charge < -0.3 is 9.55 Å². The number of halogens is 2. The number of rotatable bonds is 3. The first kappa shape index (κ1) is 13.0. The van der Waals surface area contributed by atoms with Crippen molar-refractivity contribution >= 4 is 50.5 Å². The van der Waals surface area contributed by atoms with Gasteiger partial charge >= 0.3 is 0 Å². The molecule has 0 spiro atoms. The Morgan fingerprint density at radius 3 is 3.05 bits per heavy atom. The molecule has 0 bridgehead atoms. The summed E-state index contributed by atoms with van der Waals surface area (Å²) in [4.78, 5) is 7.33. The van der Waals surface area contributed by atoms with Crippen LogP contribution in [0.4, 0.5) is 4.39 Å². The Kier molecular flexibility index (Phi) is 3.51. The van der Waals surface area contributed by atoms with E-state index in [4.69, 9.17) is 12.2 Å². The van der Waals surface area contributed by atoms with E-state index < -0.39 is 0 Å². The maximum Gasteiger partial charge on any atom is 0.178 e. The molecule has 1 N–H and O–H groups in total. The number of nitrogens with one attached hydrogen (secondary N) is 1. The molecule has 3 nitrogen and oxygen atoms in total. The zero-order valence-corrected chi connectivity index (χ0v) is 12.9. The number of nitrogens with zero attached hydrogens (tertiary/aromatic N) is 2. The van der Waals surface area contributed by atoms with Gasteiger partial charge in [0.2, 0.25) is 0 Å². The van der Waals surface area contributed by atoms with E-state index in [1.54, 1.807) is 23.6 Å². The Morgan fingerprint density at radius 2 is 2.32 bits per heavy atom. The predicted octanol–water partition coefficient (Wildman–Crippen LogP) is 4.30. The number of hydrogen-bond acceptors (Lipinski definition) is 3. The summed E-state index contributed by atoms with van der Waals surface area (Å²) in [7, 11) is 0. The lowest BCUT2D eigenvalue weighted by atomic mass is 10.3. The highest BCUT2D eigenvalue weighted by Gasteiger charge is 2.09. The predicted molar refractivity (Wildman–Crippen MR) is 80.6 cm³/mol. The summed E-state index contributed by atoms with van der Waals surface area (Å²) in [6.07, 6.45) is 2.57. The molecule has 0 saturated carbocycles. The topological polar surface area (TPSA) is 33.6 Å². The summed E-state index contributed by atoms with van der Waals surface area (Å²) in [6.45, 7) is 0.688. The van der Waals surface area contributed by atoms with Crippen molar-refractivity contribution in [1.29, 1.82) is 0 Å². The van der Waals surface area contributed by atoms with Gasteiger partial charge in [0.15, 0.2) is 4.77 Å². The van der Waals surface area contributed by atoms with E-state index in [-0.39, 0.29) is 5.82 Å². The molecule has 0 aliphatic heterocycles. The van der Waals surface area contributed by atoms with Crippen LogP contribution in [0.2, 0.25) is 0 Å². The number of aromatic nitrogens is 3. The summed E-state index contributed by atoms with van der Waals surface area (Å²) < 4.78 is 16.6. The van der Waals surface area contributed by atoms with Crippen molar-refractivity contribution in [3.8, 4) is 0 Å². The summed E-state index contributed by atoms with van der Waals surface area (Å²) >= 11 is 10.1. The van der Waals surface area contributed by atoms with Gasteiger partial charge in [-0.15, -0.1) is 11.3 Å². The van der Waals surface area contributed by atoms with E-state index in [1.807, 2.05) is 9.95 Å². The van der Waals surface area contributed by atoms with Gasteiger partial charge in [-0.1, -0.05) is 0 Å². The molecule has 7 heteroatoms. The minimum atomic E-state index is -0.288. The van der Waals surface area contributed by atoms with E-state index in [1.165, 1.54) is 6.07 Å². The second-order valence-corrected chi connectivity index (χ2v) is 6.26. The largest absolute Gasteiger partial charge is 0.331 e. The quantitative estimate of drug-likeness (QED) is 0.709. The number of hydrogen-bond donors (Lipinski definition) is 1. The van der Waals surface area contributed by atoms with E-state index in [9.17, 15) is 4.39 Å². The molecule has 98 valence electrons. The Morgan fingerprint density at radius 1 is 1.47 bits per heavy atom. The Labute approximate surface area is 126 Å². The summed E-state index contributed by atoms with van der Waals surface area (Å²) in [5, 5.41) is 2.99. The van der Waals surface area contributed by atoms with E-state index >= 15 is 0 Å². The molecule has 0 fully saturated rings. The van der Waals surface area contributed by atoms with Gasteiger partial charge in [-0.3, -0.25) is 0 Å². The van der Waals surface area contributed by atoms with Crippen LogP contribution < -0.4 is 0 Å². The van der Waals surface area contributed by atoms with Gasteiger partial charge in [-0.05, 0) is 34.2 Å². The molecule has 0 radical (unpaired) electrons. The van der Waals surface area contributed by atoms with Crippen molar-refractivity contribution in [2.24, 2.45) is 0 Å². The highest BCUT2D eigenvalue weighted by molar-refractivity contribution is 9.10. The van der Waals surface area contributed by atoms with Crippen molar-refractivity contribution < 1.29 is 4.39 Å². The molecule has 1 aromatic carbocycles. The summed E-state index contributed by atoms with van der Waals surface area (Å²) in [5.41, 5.74) is 1.61. The van der Waals surface area contributed by atoms with Crippen LogP contribution in [0.1, 0.15) is 5.01 Å². The van der Waals surface area contributed by atoms with Gasteiger partial charge in [0, 0.05) is 30.6 Å². The van der Waals surface area contributed by atoms with Crippen molar-refractivity contribution in [2.75, 3.05) is 0 Å². The normalized spacial score (nSPS) is 11.3. The molecule has 0 amide bonds. The van der Waals surface area contributed by atoms with Gasteiger partial charge in [0.1, 0.15) is 5.82 Å². The second kappa shape index (κ2) is 5.15. The van der Waals surface area contributed by atoms with Crippen LogP contribution in [0.3, 0.4) is 0 Å². The Bertz CT molecular complexity index is 776. The number of benzene rings is 1. The first-order chi connectivity index (χ1) is 9.15. The Balaban J connectivity index is 2.00. The fraction of sp³-hybridized carbons (Fsp3) is 0.167. The molecule has 0 aliphatic rings. The maximum absolute atomic E-state index is 13.6. The third-order valence-electron chi connectivity index (χ3n) is 2.85. The number of aromatic amines is 1. The summed E-state index contributed by atoms with van der Waals surface area (Å²) in [6, 6.07) is 3.20. The highest BCUT2D eigenvalue weighted by atomic mass is 79.9. The molecular formula is C12H9BrFN3S2. The van der Waals surface area contributed by atoms with Crippen LogP contribution >= 0.6 is 39.5 Å². The first-order valence-corrected chi connectivity index (χ1v) is 7.69. The monoisotopic (exact) mass is 357 g/mol. The van der Waals surface area contributed by atoms with Gasteiger partial charge in [-0.25, -0.2) is 9.37 Å². The van der Waals surface area contributed by atoms with Crippen molar-refractivity contribution in [2.45, 2.75) is 13.0 Å². The van der Waals surface area contributed by atoms with Crippen molar-refractivity contribution in [3.05, 3.63) is 43.8 Å². The smallest absolute Gasteiger partial charge is 0.178 e. The van der Waals surface area contributed by atoms with Crippen LogP contribution in [-0.4, -0.2) is 14.5 Å². The molecule has 0 aliphatic carbocycles. The second-order valence-electron chi connectivity index (χ2n) is 4.04. The number of H-pyrrole nitrogens is 1. The lowest BCUT2D eigenvalue weighted by molar-refractivity contribution is 0.620. The first-order valence-electron chi connectivity index (χ1n) is 5.61. The highest BCUT2D eigenvalue weighted by Crippen LogP contribution is 2.23. The van der Waals surface area contributed by atoms with E-state index in [2.05, 4.69) is 25.9 Å².